The highest BCUT2D eigenvalue weighted by atomic mass is 32.2. The number of aryl methyl sites for hydroxylation is 1. The molecule has 0 aliphatic rings. The number of hydrogen-bond acceptors (Lipinski definition) is 4. The van der Waals surface area contributed by atoms with Crippen molar-refractivity contribution in [2.75, 3.05) is 0 Å². The van der Waals surface area contributed by atoms with Gasteiger partial charge in [-0.3, -0.25) is 0 Å². The molecule has 0 radical (unpaired) electrons. The Kier molecular flexibility index (Phi) is 6.84. The van der Waals surface area contributed by atoms with Crippen molar-refractivity contribution in [1.29, 1.82) is 0 Å². The third-order valence-corrected chi connectivity index (χ3v) is 6.69. The fourth-order valence-electron chi connectivity index (χ4n) is 2.04. The Morgan fingerprint density at radius 1 is 1.24 bits per heavy atom. The van der Waals surface area contributed by atoms with Crippen LogP contribution >= 0.6 is 11.3 Å². The Balaban J connectivity index is 2.91. The average molecular weight is 333 g/mol. The third kappa shape index (κ3) is 5.36. The van der Waals surface area contributed by atoms with Crippen LogP contribution in [0.5, 0.6) is 0 Å². The monoisotopic (exact) mass is 332 g/mol. The second kappa shape index (κ2) is 7.72. The molecule has 0 bridgehead atoms. The van der Waals surface area contributed by atoms with Crippen LogP contribution in [0.25, 0.3) is 0 Å². The first-order valence-electron chi connectivity index (χ1n) is 7.52. The number of nitrogens with one attached hydrogen (secondary N) is 2. The summed E-state index contributed by atoms with van der Waals surface area (Å²) in [6, 6.07) is 2.14. The van der Waals surface area contributed by atoms with Crippen molar-refractivity contribution in [3.8, 4) is 0 Å². The Hall–Kier alpha value is -0.430. The molecule has 0 saturated heterocycles. The smallest absolute Gasteiger partial charge is 0.250 e. The molecule has 0 fully saturated rings. The molecule has 0 amide bonds. The third-order valence-electron chi connectivity index (χ3n) is 3.48. The van der Waals surface area contributed by atoms with E-state index in [0.717, 1.165) is 16.9 Å². The first-order valence-corrected chi connectivity index (χ1v) is 9.82. The van der Waals surface area contributed by atoms with Gasteiger partial charge in [-0.2, -0.15) is 0 Å². The Morgan fingerprint density at radius 3 is 2.33 bits per heavy atom. The van der Waals surface area contributed by atoms with Crippen LogP contribution in [-0.2, 0) is 16.6 Å². The summed E-state index contributed by atoms with van der Waals surface area (Å²) in [5, 5.41) is 3.33. The van der Waals surface area contributed by atoms with Crippen molar-refractivity contribution in [1.82, 2.24) is 10.0 Å². The minimum atomic E-state index is -3.42. The van der Waals surface area contributed by atoms with Gasteiger partial charge < -0.3 is 5.32 Å². The van der Waals surface area contributed by atoms with Gasteiger partial charge in [-0.25, -0.2) is 13.1 Å². The molecule has 1 rings (SSSR count). The normalized spacial score (nSPS) is 14.1. The SMILES string of the molecule is CCC(NS(=O)(=O)c1cc(C)c(CNC(C)C)s1)C(C)C. The molecule has 6 heteroatoms. The van der Waals surface area contributed by atoms with Gasteiger partial charge in [-0.05, 0) is 30.9 Å². The van der Waals surface area contributed by atoms with Crippen molar-refractivity contribution >= 4 is 21.4 Å². The molecule has 0 spiro atoms. The van der Waals surface area contributed by atoms with Crippen molar-refractivity contribution in [3.05, 3.63) is 16.5 Å². The molecule has 122 valence electrons. The van der Waals surface area contributed by atoms with E-state index in [9.17, 15) is 8.42 Å². The van der Waals surface area contributed by atoms with Crippen molar-refractivity contribution in [2.24, 2.45) is 5.92 Å². The van der Waals surface area contributed by atoms with Gasteiger partial charge in [-0.15, -0.1) is 11.3 Å². The predicted octanol–water partition coefficient (Wildman–Crippen LogP) is 3.27. The van der Waals surface area contributed by atoms with Crippen molar-refractivity contribution in [2.45, 2.75) is 70.8 Å². The van der Waals surface area contributed by atoms with Crippen LogP contribution in [0.4, 0.5) is 0 Å². The molecular weight excluding hydrogens is 304 g/mol. The van der Waals surface area contributed by atoms with Crippen LogP contribution in [0.1, 0.15) is 51.5 Å². The first kappa shape index (κ1) is 18.6. The quantitative estimate of drug-likeness (QED) is 0.768. The van der Waals surface area contributed by atoms with E-state index in [4.69, 9.17) is 0 Å². The molecule has 1 aromatic heterocycles. The zero-order chi connectivity index (χ0) is 16.2. The lowest BCUT2D eigenvalue weighted by Gasteiger charge is -2.19. The van der Waals surface area contributed by atoms with Gasteiger partial charge in [0.15, 0.2) is 0 Å². The summed E-state index contributed by atoms with van der Waals surface area (Å²) in [4.78, 5) is 1.08. The second-order valence-electron chi connectivity index (χ2n) is 6.09. The van der Waals surface area contributed by atoms with Gasteiger partial charge >= 0.3 is 0 Å². The molecule has 1 heterocycles. The highest BCUT2D eigenvalue weighted by Crippen LogP contribution is 2.26. The largest absolute Gasteiger partial charge is 0.310 e. The summed E-state index contributed by atoms with van der Waals surface area (Å²) >= 11 is 1.36. The first-order chi connectivity index (χ1) is 9.67. The summed E-state index contributed by atoms with van der Waals surface area (Å²) in [5.74, 6) is 0.285. The molecule has 0 aliphatic heterocycles. The maximum atomic E-state index is 12.5. The van der Waals surface area contributed by atoms with E-state index in [0.29, 0.717) is 16.8 Å². The molecule has 1 atom stereocenters. The molecule has 21 heavy (non-hydrogen) atoms. The van der Waals surface area contributed by atoms with E-state index < -0.39 is 10.0 Å². The van der Waals surface area contributed by atoms with E-state index in [1.165, 1.54) is 11.3 Å². The number of rotatable bonds is 8. The van der Waals surface area contributed by atoms with Gasteiger partial charge in [0, 0.05) is 23.5 Å². The van der Waals surface area contributed by atoms with Crippen LogP contribution in [0.15, 0.2) is 10.3 Å². The summed E-state index contributed by atoms with van der Waals surface area (Å²) < 4.78 is 28.2. The number of sulfonamides is 1. The number of hydrogen-bond donors (Lipinski definition) is 2. The van der Waals surface area contributed by atoms with E-state index in [1.807, 2.05) is 27.7 Å². The van der Waals surface area contributed by atoms with E-state index in [1.54, 1.807) is 6.07 Å². The minimum Gasteiger partial charge on any atom is -0.310 e. The van der Waals surface area contributed by atoms with Gasteiger partial charge in [-0.1, -0.05) is 34.6 Å². The van der Waals surface area contributed by atoms with E-state index in [2.05, 4.69) is 23.9 Å². The predicted molar refractivity (Wildman–Crippen MR) is 90.3 cm³/mol. The fourth-order valence-corrected chi connectivity index (χ4v) is 5.07. The molecule has 0 saturated carbocycles. The average Bonchev–Trinajstić information content (AvgIpc) is 2.75. The molecule has 0 aromatic carbocycles. The van der Waals surface area contributed by atoms with Gasteiger partial charge in [0.2, 0.25) is 10.0 Å². The minimum absolute atomic E-state index is 0.0188. The summed E-state index contributed by atoms with van der Waals surface area (Å²) in [7, 11) is -3.42. The van der Waals surface area contributed by atoms with Crippen molar-refractivity contribution in [3.63, 3.8) is 0 Å². The van der Waals surface area contributed by atoms with Gasteiger partial charge in [0.1, 0.15) is 4.21 Å². The molecule has 0 aliphatic carbocycles. The molecule has 1 aromatic rings. The zero-order valence-electron chi connectivity index (χ0n) is 13.9. The molecular formula is C15H28N2O2S2. The Bertz CT molecular complexity index is 548. The lowest BCUT2D eigenvalue weighted by Crippen LogP contribution is -2.37. The summed E-state index contributed by atoms with van der Waals surface area (Å²) in [5.41, 5.74) is 1.03. The van der Waals surface area contributed by atoms with Crippen LogP contribution in [0, 0.1) is 12.8 Å². The lowest BCUT2D eigenvalue weighted by atomic mass is 10.0. The van der Waals surface area contributed by atoms with Crippen LogP contribution in [-0.4, -0.2) is 20.5 Å². The van der Waals surface area contributed by atoms with Crippen molar-refractivity contribution < 1.29 is 8.42 Å². The standard InChI is InChI=1S/C15H28N2O2S2/c1-7-13(10(2)3)17-21(18,19)15-8-12(6)14(20-15)9-16-11(4)5/h8,10-11,13,16-17H,7,9H2,1-6H3. The number of thiophene rings is 1. The Labute approximate surface area is 133 Å². The summed E-state index contributed by atoms with van der Waals surface area (Å²) in [6.45, 7) is 12.9. The highest BCUT2D eigenvalue weighted by Gasteiger charge is 2.23. The topological polar surface area (TPSA) is 58.2 Å². The zero-order valence-corrected chi connectivity index (χ0v) is 15.5. The van der Waals surface area contributed by atoms with Crippen LogP contribution < -0.4 is 10.0 Å². The highest BCUT2D eigenvalue weighted by molar-refractivity contribution is 7.91. The molecule has 2 N–H and O–H groups in total. The molecule has 4 nitrogen and oxygen atoms in total. The Morgan fingerprint density at radius 2 is 1.86 bits per heavy atom. The van der Waals surface area contributed by atoms with E-state index >= 15 is 0 Å². The maximum absolute atomic E-state index is 12.5. The van der Waals surface area contributed by atoms with Crippen LogP contribution in [0.2, 0.25) is 0 Å². The summed E-state index contributed by atoms with van der Waals surface area (Å²) in [6.07, 6.45) is 0.795. The molecule has 1 unspecified atom stereocenters. The van der Waals surface area contributed by atoms with Gasteiger partial charge in [0.05, 0.1) is 0 Å². The lowest BCUT2D eigenvalue weighted by molar-refractivity contribution is 0.438. The van der Waals surface area contributed by atoms with E-state index in [-0.39, 0.29) is 12.0 Å². The second-order valence-corrected chi connectivity index (χ2v) is 9.16. The fraction of sp³-hybridized carbons (Fsp3) is 0.733. The van der Waals surface area contributed by atoms with Gasteiger partial charge in [0.25, 0.3) is 0 Å². The van der Waals surface area contributed by atoms with Crippen LogP contribution in [0.3, 0.4) is 0 Å². The maximum Gasteiger partial charge on any atom is 0.250 e.